The molecular formula is C21H24F2N4O3S. The molecule has 2 N–H and O–H groups in total. The molecule has 3 aromatic rings. The van der Waals surface area contributed by atoms with Crippen LogP contribution in [0, 0.1) is 0 Å². The topological polar surface area (TPSA) is 84.4 Å². The fourth-order valence-electron chi connectivity index (χ4n) is 2.74. The SMILES string of the molecule is COc1cc(CSc2nnc(COc3ccc(C(C)C)cc3)n2N)ccc1OC(F)F. The summed E-state index contributed by atoms with van der Waals surface area (Å²) in [6.45, 7) is 1.53. The van der Waals surface area contributed by atoms with Crippen LogP contribution in [0.5, 0.6) is 17.2 Å². The van der Waals surface area contributed by atoms with E-state index >= 15 is 0 Å². The molecule has 0 saturated heterocycles. The molecule has 0 aliphatic carbocycles. The van der Waals surface area contributed by atoms with Gasteiger partial charge in [0.1, 0.15) is 12.4 Å². The number of rotatable bonds is 10. The second kappa shape index (κ2) is 10.3. The number of halogens is 2. The van der Waals surface area contributed by atoms with Gasteiger partial charge in [0.2, 0.25) is 5.16 Å². The summed E-state index contributed by atoms with van der Waals surface area (Å²) in [5, 5.41) is 8.68. The van der Waals surface area contributed by atoms with Crippen LogP contribution in [0.15, 0.2) is 47.6 Å². The minimum Gasteiger partial charge on any atom is -0.493 e. The zero-order chi connectivity index (χ0) is 22.4. The number of methoxy groups -OCH3 is 1. The lowest BCUT2D eigenvalue weighted by Crippen LogP contribution is -2.15. The summed E-state index contributed by atoms with van der Waals surface area (Å²) >= 11 is 1.35. The van der Waals surface area contributed by atoms with Crippen LogP contribution in [0.2, 0.25) is 0 Å². The standard InChI is InChI=1S/C21H24F2N4O3S/c1-13(2)15-5-7-16(8-6-15)29-11-19-25-26-21(27(19)24)31-12-14-4-9-17(30-20(22)23)18(10-14)28-3/h4-10,13,20H,11-12,24H2,1-3H3. The van der Waals surface area contributed by atoms with Crippen LogP contribution in [-0.4, -0.2) is 28.6 Å². The van der Waals surface area contributed by atoms with Crippen LogP contribution >= 0.6 is 11.8 Å². The number of benzene rings is 2. The summed E-state index contributed by atoms with van der Waals surface area (Å²) in [7, 11) is 1.39. The van der Waals surface area contributed by atoms with Crippen molar-refractivity contribution in [3.05, 3.63) is 59.4 Å². The minimum absolute atomic E-state index is 0.0193. The number of nitrogens with zero attached hydrogens (tertiary/aromatic N) is 3. The van der Waals surface area contributed by atoms with Gasteiger partial charge in [-0.2, -0.15) is 8.78 Å². The number of hydrogen-bond acceptors (Lipinski definition) is 7. The van der Waals surface area contributed by atoms with Crippen molar-refractivity contribution in [3.63, 3.8) is 0 Å². The fourth-order valence-corrected chi connectivity index (χ4v) is 3.56. The molecule has 3 rings (SSSR count). The molecule has 0 radical (unpaired) electrons. The molecule has 10 heteroatoms. The molecule has 166 valence electrons. The summed E-state index contributed by atoms with van der Waals surface area (Å²) in [6, 6.07) is 12.6. The molecule has 0 saturated carbocycles. The number of nitrogens with two attached hydrogens (primary N) is 1. The molecule has 1 aromatic heterocycles. The van der Waals surface area contributed by atoms with Crippen molar-refractivity contribution in [1.29, 1.82) is 0 Å². The van der Waals surface area contributed by atoms with Crippen LogP contribution < -0.4 is 20.1 Å². The van der Waals surface area contributed by atoms with E-state index in [4.69, 9.17) is 15.3 Å². The summed E-state index contributed by atoms with van der Waals surface area (Å²) in [5.41, 5.74) is 2.06. The highest BCUT2D eigenvalue weighted by molar-refractivity contribution is 7.98. The lowest BCUT2D eigenvalue weighted by molar-refractivity contribution is -0.0512. The maximum absolute atomic E-state index is 12.5. The first kappa shape index (κ1) is 22.7. The number of alkyl halides is 2. The van der Waals surface area contributed by atoms with Crippen molar-refractivity contribution in [2.24, 2.45) is 0 Å². The molecule has 2 aromatic carbocycles. The molecule has 0 unspecified atom stereocenters. The van der Waals surface area contributed by atoms with Crippen LogP contribution in [0.25, 0.3) is 0 Å². The van der Waals surface area contributed by atoms with Crippen LogP contribution in [-0.2, 0) is 12.4 Å². The summed E-state index contributed by atoms with van der Waals surface area (Å²) < 4.78 is 41.6. The lowest BCUT2D eigenvalue weighted by Gasteiger charge is -2.11. The van der Waals surface area contributed by atoms with Gasteiger partial charge in [0, 0.05) is 5.75 Å². The third-order valence-corrected chi connectivity index (χ3v) is 5.48. The maximum Gasteiger partial charge on any atom is 0.387 e. The number of hydrogen-bond donors (Lipinski definition) is 1. The third kappa shape index (κ3) is 6.00. The van der Waals surface area contributed by atoms with Gasteiger partial charge in [0.05, 0.1) is 7.11 Å². The van der Waals surface area contributed by atoms with Crippen molar-refractivity contribution in [2.45, 2.75) is 43.9 Å². The minimum atomic E-state index is -2.92. The second-order valence-electron chi connectivity index (χ2n) is 6.93. The van der Waals surface area contributed by atoms with Crippen molar-refractivity contribution >= 4 is 11.8 Å². The zero-order valence-corrected chi connectivity index (χ0v) is 18.2. The van der Waals surface area contributed by atoms with E-state index in [9.17, 15) is 8.78 Å². The highest BCUT2D eigenvalue weighted by atomic mass is 32.2. The number of nitrogen functional groups attached to an aromatic ring is 1. The van der Waals surface area contributed by atoms with Gasteiger partial charge in [-0.1, -0.05) is 43.8 Å². The van der Waals surface area contributed by atoms with Crippen LogP contribution in [0.3, 0.4) is 0 Å². The van der Waals surface area contributed by atoms with E-state index in [1.54, 1.807) is 12.1 Å². The van der Waals surface area contributed by atoms with Gasteiger partial charge in [-0.25, -0.2) is 4.68 Å². The highest BCUT2D eigenvalue weighted by Crippen LogP contribution is 2.31. The molecule has 0 fully saturated rings. The fraction of sp³-hybridized carbons (Fsp3) is 0.333. The van der Waals surface area contributed by atoms with Crippen molar-refractivity contribution in [2.75, 3.05) is 13.0 Å². The Morgan fingerprint density at radius 3 is 2.45 bits per heavy atom. The van der Waals surface area contributed by atoms with Crippen molar-refractivity contribution in [3.8, 4) is 17.2 Å². The molecule has 0 aliphatic heterocycles. The predicted octanol–water partition coefficient (Wildman–Crippen LogP) is 4.60. The quantitative estimate of drug-likeness (QED) is 0.357. The largest absolute Gasteiger partial charge is 0.493 e. The molecule has 0 aliphatic rings. The molecule has 7 nitrogen and oxygen atoms in total. The molecular weight excluding hydrogens is 426 g/mol. The Balaban J connectivity index is 1.59. The van der Waals surface area contributed by atoms with E-state index < -0.39 is 6.61 Å². The number of ether oxygens (including phenoxy) is 3. The van der Waals surface area contributed by atoms with E-state index in [0.29, 0.717) is 22.7 Å². The Kier molecular flexibility index (Phi) is 7.56. The van der Waals surface area contributed by atoms with Crippen molar-refractivity contribution < 1.29 is 23.0 Å². The average molecular weight is 451 g/mol. The highest BCUT2D eigenvalue weighted by Gasteiger charge is 2.14. The van der Waals surface area contributed by atoms with Gasteiger partial charge in [-0.05, 0) is 41.3 Å². The Bertz CT molecular complexity index is 997. The summed E-state index contributed by atoms with van der Waals surface area (Å²) in [5.74, 6) is 8.44. The Labute approximate surface area is 183 Å². The zero-order valence-electron chi connectivity index (χ0n) is 17.4. The van der Waals surface area contributed by atoms with Crippen LogP contribution in [0.4, 0.5) is 8.78 Å². The lowest BCUT2D eigenvalue weighted by atomic mass is 10.0. The first-order valence-corrected chi connectivity index (χ1v) is 10.5. The molecule has 0 spiro atoms. The third-order valence-electron chi connectivity index (χ3n) is 4.46. The maximum atomic E-state index is 12.5. The molecule has 0 amide bonds. The molecule has 0 atom stereocenters. The van der Waals surface area contributed by atoms with Crippen LogP contribution in [0.1, 0.15) is 36.7 Å². The Morgan fingerprint density at radius 2 is 1.81 bits per heavy atom. The predicted molar refractivity (Wildman–Crippen MR) is 114 cm³/mol. The smallest absolute Gasteiger partial charge is 0.387 e. The van der Waals surface area contributed by atoms with E-state index in [0.717, 1.165) is 11.3 Å². The molecule has 0 bridgehead atoms. The molecule has 1 heterocycles. The summed E-state index contributed by atoms with van der Waals surface area (Å²) in [4.78, 5) is 0. The first-order valence-electron chi connectivity index (χ1n) is 9.54. The van der Waals surface area contributed by atoms with Gasteiger partial charge in [0.15, 0.2) is 17.3 Å². The van der Waals surface area contributed by atoms with Gasteiger partial charge in [0.25, 0.3) is 0 Å². The van der Waals surface area contributed by atoms with Gasteiger partial charge >= 0.3 is 6.61 Å². The first-order chi connectivity index (χ1) is 14.9. The average Bonchev–Trinajstić information content (AvgIpc) is 3.10. The van der Waals surface area contributed by atoms with E-state index in [1.807, 2.05) is 24.3 Å². The summed E-state index contributed by atoms with van der Waals surface area (Å²) in [6.07, 6.45) is 0. The van der Waals surface area contributed by atoms with Crippen molar-refractivity contribution in [1.82, 2.24) is 14.9 Å². The number of thioether (sulfide) groups is 1. The van der Waals surface area contributed by atoms with Gasteiger partial charge in [-0.15, -0.1) is 10.2 Å². The number of aromatic nitrogens is 3. The van der Waals surface area contributed by atoms with E-state index in [2.05, 4.69) is 28.8 Å². The van der Waals surface area contributed by atoms with E-state index in [1.165, 1.54) is 35.2 Å². The Morgan fingerprint density at radius 1 is 1.06 bits per heavy atom. The monoisotopic (exact) mass is 450 g/mol. The normalized spacial score (nSPS) is 11.2. The Hall–Kier alpha value is -3.01. The van der Waals surface area contributed by atoms with E-state index in [-0.39, 0.29) is 18.1 Å². The second-order valence-corrected chi connectivity index (χ2v) is 7.88. The van der Waals surface area contributed by atoms with Gasteiger partial charge < -0.3 is 20.1 Å². The van der Waals surface area contributed by atoms with Gasteiger partial charge in [-0.3, -0.25) is 0 Å². The molecule has 31 heavy (non-hydrogen) atoms.